The summed E-state index contributed by atoms with van der Waals surface area (Å²) < 4.78 is 14.2. The molecule has 2 aliphatic rings. The van der Waals surface area contributed by atoms with Crippen LogP contribution in [0.2, 0.25) is 0 Å². The number of halogens is 1. The highest BCUT2D eigenvalue weighted by atomic mass is 32.1. The van der Waals surface area contributed by atoms with Gasteiger partial charge in [0.05, 0.1) is 11.2 Å². The molecule has 1 aliphatic heterocycles. The van der Waals surface area contributed by atoms with E-state index in [1.54, 1.807) is 6.07 Å². The maximum Gasteiger partial charge on any atom is 0.264 e. The molecule has 1 saturated heterocycles. The van der Waals surface area contributed by atoms with Gasteiger partial charge in [0.15, 0.2) is 5.13 Å². The second-order valence-corrected chi connectivity index (χ2v) is 9.59. The zero-order chi connectivity index (χ0) is 21.0. The van der Waals surface area contributed by atoms with Crippen molar-refractivity contribution >= 4 is 33.1 Å². The van der Waals surface area contributed by atoms with Gasteiger partial charge in [0.25, 0.3) is 5.91 Å². The third kappa shape index (κ3) is 3.17. The van der Waals surface area contributed by atoms with Crippen molar-refractivity contribution in [3.63, 3.8) is 0 Å². The van der Waals surface area contributed by atoms with Crippen LogP contribution in [-0.2, 0) is 5.54 Å². The number of rotatable bonds is 5. The van der Waals surface area contributed by atoms with Crippen molar-refractivity contribution < 1.29 is 9.18 Å². The number of carbonyl (C=O) groups is 1. The Balaban J connectivity index is 1.38. The molecule has 156 valence electrons. The zero-order valence-electron chi connectivity index (χ0n) is 17.4. The molecule has 0 atom stereocenters. The molecule has 0 unspecified atom stereocenters. The molecule has 30 heavy (non-hydrogen) atoms. The molecule has 1 amide bonds. The van der Waals surface area contributed by atoms with Crippen LogP contribution in [0.3, 0.4) is 0 Å². The standard InChI is InChI=1S/C23H25FN4OS/c1-14-20(30-22(25-14)28-12-15(13-28)27(2)3)21(29)26-23(10-11-23)18-8-9-19(24)17-7-5-4-6-16(17)18/h4-9,15H,10-13H2,1-3H3,(H,26,29). The van der Waals surface area contributed by atoms with E-state index in [0.717, 1.165) is 47.7 Å². The van der Waals surface area contributed by atoms with Gasteiger partial charge in [0, 0.05) is 24.5 Å². The molecule has 2 aromatic carbocycles. The lowest BCUT2D eigenvalue weighted by molar-refractivity contribution is 0.0934. The number of fused-ring (bicyclic) bond motifs is 1. The van der Waals surface area contributed by atoms with Gasteiger partial charge >= 0.3 is 0 Å². The van der Waals surface area contributed by atoms with Gasteiger partial charge < -0.3 is 15.1 Å². The number of nitrogens with one attached hydrogen (secondary N) is 1. The van der Waals surface area contributed by atoms with Gasteiger partial charge in [-0.3, -0.25) is 4.79 Å². The van der Waals surface area contributed by atoms with E-state index in [-0.39, 0.29) is 11.7 Å². The Labute approximate surface area is 179 Å². The molecule has 5 nitrogen and oxygen atoms in total. The van der Waals surface area contributed by atoms with Crippen LogP contribution in [0.5, 0.6) is 0 Å². The monoisotopic (exact) mass is 424 g/mol. The summed E-state index contributed by atoms with van der Waals surface area (Å²) in [6.45, 7) is 3.77. The Bertz CT molecular complexity index is 1130. The normalized spacial score (nSPS) is 18.0. The van der Waals surface area contributed by atoms with Gasteiger partial charge in [-0.15, -0.1) is 0 Å². The Hall–Kier alpha value is -2.51. The van der Waals surface area contributed by atoms with Crippen molar-refractivity contribution in [2.75, 3.05) is 32.1 Å². The number of anilines is 1. The number of amides is 1. The summed E-state index contributed by atoms with van der Waals surface area (Å²) in [6.07, 6.45) is 1.71. The lowest BCUT2D eigenvalue weighted by Gasteiger charge is -2.42. The largest absolute Gasteiger partial charge is 0.345 e. The fraction of sp³-hybridized carbons (Fsp3) is 0.391. The molecule has 1 N–H and O–H groups in total. The molecule has 1 saturated carbocycles. The maximum absolute atomic E-state index is 14.2. The third-order valence-corrected chi connectivity index (χ3v) is 7.56. The van der Waals surface area contributed by atoms with Crippen molar-refractivity contribution in [2.45, 2.75) is 31.3 Å². The number of thiazole rings is 1. The Morgan fingerprint density at radius 3 is 2.57 bits per heavy atom. The third-order valence-electron chi connectivity index (χ3n) is 6.34. The van der Waals surface area contributed by atoms with Crippen LogP contribution in [0.25, 0.3) is 10.8 Å². The van der Waals surface area contributed by atoms with Crippen molar-refractivity contribution in [3.8, 4) is 0 Å². The van der Waals surface area contributed by atoms with Crippen LogP contribution in [0.4, 0.5) is 9.52 Å². The van der Waals surface area contributed by atoms with Gasteiger partial charge in [-0.1, -0.05) is 41.7 Å². The first kappa shape index (κ1) is 19.5. The first-order valence-electron chi connectivity index (χ1n) is 10.3. The fourth-order valence-electron chi connectivity index (χ4n) is 4.21. The molecular weight excluding hydrogens is 399 g/mol. The summed E-state index contributed by atoms with van der Waals surface area (Å²) in [4.78, 5) is 22.9. The molecule has 7 heteroatoms. The summed E-state index contributed by atoms with van der Waals surface area (Å²) in [5, 5.41) is 5.63. The van der Waals surface area contributed by atoms with Gasteiger partial charge in [-0.05, 0) is 50.9 Å². The molecule has 0 radical (unpaired) electrons. The van der Waals surface area contributed by atoms with Crippen LogP contribution < -0.4 is 10.2 Å². The van der Waals surface area contributed by atoms with E-state index in [0.29, 0.717) is 16.3 Å². The zero-order valence-corrected chi connectivity index (χ0v) is 18.2. The molecule has 3 aromatic rings. The summed E-state index contributed by atoms with van der Waals surface area (Å²) in [5.74, 6) is -0.322. The molecule has 2 fully saturated rings. The number of aryl methyl sites for hydroxylation is 1. The molecule has 5 rings (SSSR count). The van der Waals surface area contributed by atoms with Gasteiger partial charge in [-0.2, -0.15) is 0 Å². The summed E-state index contributed by atoms with van der Waals surface area (Å²) in [6, 6.07) is 11.3. The lowest BCUT2D eigenvalue weighted by Crippen LogP contribution is -2.57. The van der Waals surface area contributed by atoms with Crippen LogP contribution in [-0.4, -0.2) is 49.0 Å². The molecule has 1 aromatic heterocycles. The van der Waals surface area contributed by atoms with E-state index in [4.69, 9.17) is 0 Å². The maximum atomic E-state index is 14.2. The number of aromatic nitrogens is 1. The number of hydrogen-bond donors (Lipinski definition) is 1. The number of benzene rings is 2. The minimum absolute atomic E-state index is 0.0909. The SMILES string of the molecule is Cc1nc(N2CC(N(C)C)C2)sc1C(=O)NC1(c2ccc(F)c3ccccc23)CC1. The summed E-state index contributed by atoms with van der Waals surface area (Å²) >= 11 is 1.46. The van der Waals surface area contributed by atoms with Crippen LogP contribution in [0.15, 0.2) is 36.4 Å². The predicted octanol–water partition coefficient (Wildman–Crippen LogP) is 3.91. The first-order chi connectivity index (χ1) is 14.4. The Morgan fingerprint density at radius 2 is 1.90 bits per heavy atom. The average molecular weight is 425 g/mol. The predicted molar refractivity (Wildman–Crippen MR) is 119 cm³/mol. The van der Waals surface area contributed by atoms with E-state index in [1.165, 1.54) is 17.4 Å². The van der Waals surface area contributed by atoms with Crippen molar-refractivity contribution in [3.05, 3.63) is 58.3 Å². The summed E-state index contributed by atoms with van der Waals surface area (Å²) in [7, 11) is 4.17. The van der Waals surface area contributed by atoms with Crippen molar-refractivity contribution in [2.24, 2.45) is 0 Å². The number of nitrogens with zero attached hydrogens (tertiary/aromatic N) is 3. The highest BCUT2D eigenvalue weighted by Gasteiger charge is 2.47. The van der Waals surface area contributed by atoms with Crippen LogP contribution >= 0.6 is 11.3 Å². The summed E-state index contributed by atoms with van der Waals surface area (Å²) in [5.41, 5.74) is 1.33. The minimum atomic E-state index is -0.423. The molecule has 0 bridgehead atoms. The molecular formula is C23H25FN4OS. The Morgan fingerprint density at radius 1 is 1.20 bits per heavy atom. The van der Waals surface area contributed by atoms with Crippen LogP contribution in [0, 0.1) is 12.7 Å². The highest BCUT2D eigenvalue weighted by molar-refractivity contribution is 7.17. The number of hydrogen-bond acceptors (Lipinski definition) is 5. The smallest absolute Gasteiger partial charge is 0.264 e. The quantitative estimate of drug-likeness (QED) is 0.675. The second kappa shape index (κ2) is 7.03. The molecule has 1 aliphatic carbocycles. The topological polar surface area (TPSA) is 48.5 Å². The van der Waals surface area contributed by atoms with Gasteiger partial charge in [-0.25, -0.2) is 9.37 Å². The van der Waals surface area contributed by atoms with E-state index >= 15 is 0 Å². The molecule has 0 spiro atoms. The van der Waals surface area contributed by atoms with Crippen molar-refractivity contribution in [1.82, 2.24) is 15.2 Å². The van der Waals surface area contributed by atoms with E-state index in [1.807, 2.05) is 31.2 Å². The number of likely N-dealkylation sites (N-methyl/N-ethyl adjacent to an activating group) is 1. The Kier molecular flexibility index (Phi) is 4.56. The van der Waals surface area contributed by atoms with E-state index < -0.39 is 5.54 Å². The second-order valence-electron chi connectivity index (χ2n) is 8.61. The van der Waals surface area contributed by atoms with Crippen LogP contribution in [0.1, 0.15) is 33.8 Å². The fourth-order valence-corrected chi connectivity index (χ4v) is 5.19. The van der Waals surface area contributed by atoms with E-state index in [9.17, 15) is 9.18 Å². The number of carbonyl (C=O) groups excluding carboxylic acids is 1. The first-order valence-corrected chi connectivity index (χ1v) is 11.1. The average Bonchev–Trinajstić information content (AvgIpc) is 3.34. The highest BCUT2D eigenvalue weighted by Crippen LogP contribution is 2.48. The van der Waals surface area contributed by atoms with Gasteiger partial charge in [0.1, 0.15) is 10.7 Å². The lowest BCUT2D eigenvalue weighted by atomic mass is 9.96. The van der Waals surface area contributed by atoms with Crippen molar-refractivity contribution in [1.29, 1.82) is 0 Å². The van der Waals surface area contributed by atoms with Gasteiger partial charge in [0.2, 0.25) is 0 Å². The molecule has 2 heterocycles. The minimum Gasteiger partial charge on any atom is -0.345 e. The van der Waals surface area contributed by atoms with E-state index in [2.05, 4.69) is 34.2 Å².